The Morgan fingerprint density at radius 1 is 0.958 bits per heavy atom. The van der Waals surface area contributed by atoms with Crippen LogP contribution in [0.15, 0.2) is 29.3 Å². The lowest BCUT2D eigenvalue weighted by atomic mass is 10.1. The third-order valence-corrected chi connectivity index (χ3v) is 5.10. The Morgan fingerprint density at radius 2 is 1.62 bits per heavy atom. The van der Waals surface area contributed by atoms with E-state index in [-0.39, 0.29) is 0 Å². The second-order valence-electron chi connectivity index (χ2n) is 6.97. The third kappa shape index (κ3) is 4.73. The Kier molecular flexibility index (Phi) is 6.53. The number of nitrogens with zero attached hydrogens (tertiary/aromatic N) is 3. The number of guanidine groups is 1. The molecule has 0 radical (unpaired) electrons. The molecule has 132 valence electrons. The van der Waals surface area contributed by atoms with E-state index in [0.29, 0.717) is 0 Å². The second-order valence-corrected chi connectivity index (χ2v) is 6.97. The molecule has 1 N–H and O–H groups in total. The highest BCUT2D eigenvalue weighted by Crippen LogP contribution is 2.17. The van der Waals surface area contributed by atoms with Crippen LogP contribution in [-0.4, -0.2) is 48.5 Å². The molecule has 1 aromatic carbocycles. The quantitative estimate of drug-likeness (QED) is 0.665. The summed E-state index contributed by atoms with van der Waals surface area (Å²) < 4.78 is 0. The molecule has 2 aliphatic rings. The van der Waals surface area contributed by atoms with Gasteiger partial charge in [0.1, 0.15) is 0 Å². The average Bonchev–Trinajstić information content (AvgIpc) is 3.15. The van der Waals surface area contributed by atoms with Crippen molar-refractivity contribution in [2.45, 2.75) is 52.1 Å². The van der Waals surface area contributed by atoms with E-state index in [2.05, 4.69) is 46.3 Å². The molecule has 0 aromatic heterocycles. The van der Waals surface area contributed by atoms with Gasteiger partial charge in [-0.1, -0.05) is 30.7 Å². The fourth-order valence-corrected chi connectivity index (χ4v) is 3.74. The molecule has 0 atom stereocenters. The van der Waals surface area contributed by atoms with Crippen molar-refractivity contribution in [3.8, 4) is 0 Å². The maximum Gasteiger partial charge on any atom is 0.194 e. The molecule has 2 heterocycles. The monoisotopic (exact) mass is 328 g/mol. The molecule has 3 rings (SSSR count). The van der Waals surface area contributed by atoms with Crippen molar-refractivity contribution in [3.05, 3.63) is 35.4 Å². The number of hydrogen-bond acceptors (Lipinski definition) is 2. The Balaban J connectivity index is 1.67. The van der Waals surface area contributed by atoms with Gasteiger partial charge in [0.2, 0.25) is 0 Å². The molecule has 4 heteroatoms. The summed E-state index contributed by atoms with van der Waals surface area (Å²) in [5.74, 6) is 1.09. The number of piperidine rings is 1. The molecule has 4 nitrogen and oxygen atoms in total. The van der Waals surface area contributed by atoms with Crippen molar-refractivity contribution in [1.29, 1.82) is 0 Å². The summed E-state index contributed by atoms with van der Waals surface area (Å²) in [6, 6.07) is 8.84. The van der Waals surface area contributed by atoms with Crippen LogP contribution < -0.4 is 5.32 Å². The SMILES string of the molecule is CCNC(=NCc1ccccc1CN1CCCCC1)N1CCCC1. The van der Waals surface area contributed by atoms with Gasteiger partial charge in [-0.2, -0.15) is 0 Å². The number of rotatable bonds is 5. The van der Waals surface area contributed by atoms with Crippen LogP contribution in [-0.2, 0) is 13.1 Å². The molecule has 1 aromatic rings. The van der Waals surface area contributed by atoms with Crippen molar-refractivity contribution in [3.63, 3.8) is 0 Å². The first kappa shape index (κ1) is 17.3. The lowest BCUT2D eigenvalue weighted by molar-refractivity contribution is 0.220. The van der Waals surface area contributed by atoms with E-state index in [1.165, 1.54) is 56.3 Å². The molecule has 0 bridgehead atoms. The van der Waals surface area contributed by atoms with Crippen molar-refractivity contribution >= 4 is 5.96 Å². The predicted octanol–water partition coefficient (Wildman–Crippen LogP) is 3.23. The van der Waals surface area contributed by atoms with Crippen molar-refractivity contribution in [1.82, 2.24) is 15.1 Å². The van der Waals surface area contributed by atoms with Crippen LogP contribution in [0.5, 0.6) is 0 Å². The summed E-state index contributed by atoms with van der Waals surface area (Å²) in [5.41, 5.74) is 2.82. The van der Waals surface area contributed by atoms with Crippen LogP contribution in [0.25, 0.3) is 0 Å². The van der Waals surface area contributed by atoms with Gasteiger partial charge in [-0.15, -0.1) is 0 Å². The fourth-order valence-electron chi connectivity index (χ4n) is 3.74. The number of likely N-dealkylation sites (tertiary alicyclic amines) is 2. The first-order valence-corrected chi connectivity index (χ1v) is 9.69. The summed E-state index contributed by atoms with van der Waals surface area (Å²) in [7, 11) is 0. The normalized spacial score (nSPS) is 19.7. The number of benzene rings is 1. The smallest absolute Gasteiger partial charge is 0.194 e. The second kappa shape index (κ2) is 9.07. The number of nitrogens with one attached hydrogen (secondary N) is 1. The largest absolute Gasteiger partial charge is 0.357 e. The fraction of sp³-hybridized carbons (Fsp3) is 0.650. The van der Waals surface area contributed by atoms with E-state index in [1.54, 1.807) is 0 Å². The summed E-state index contributed by atoms with van der Waals surface area (Å²) >= 11 is 0. The zero-order chi connectivity index (χ0) is 16.6. The summed E-state index contributed by atoms with van der Waals surface area (Å²) in [4.78, 5) is 9.93. The first-order chi connectivity index (χ1) is 11.9. The van der Waals surface area contributed by atoms with Gasteiger partial charge in [0.25, 0.3) is 0 Å². The lowest BCUT2D eigenvalue weighted by Crippen LogP contribution is -2.39. The van der Waals surface area contributed by atoms with Crippen molar-refractivity contribution in [2.24, 2.45) is 4.99 Å². The van der Waals surface area contributed by atoms with E-state index in [4.69, 9.17) is 4.99 Å². The average molecular weight is 329 g/mol. The highest BCUT2D eigenvalue weighted by Gasteiger charge is 2.16. The zero-order valence-corrected chi connectivity index (χ0v) is 15.1. The van der Waals surface area contributed by atoms with E-state index in [9.17, 15) is 0 Å². The molecule has 2 fully saturated rings. The molecule has 0 unspecified atom stereocenters. The zero-order valence-electron chi connectivity index (χ0n) is 15.1. The van der Waals surface area contributed by atoms with Gasteiger partial charge in [0.05, 0.1) is 6.54 Å². The van der Waals surface area contributed by atoms with E-state index in [0.717, 1.165) is 38.7 Å². The highest BCUT2D eigenvalue weighted by atomic mass is 15.3. The van der Waals surface area contributed by atoms with E-state index in [1.807, 2.05) is 0 Å². The van der Waals surface area contributed by atoms with Gasteiger partial charge in [-0.25, -0.2) is 4.99 Å². The minimum atomic E-state index is 0.781. The first-order valence-electron chi connectivity index (χ1n) is 9.69. The molecule has 24 heavy (non-hydrogen) atoms. The molecular formula is C20H32N4. The van der Waals surface area contributed by atoms with Crippen LogP contribution in [0.3, 0.4) is 0 Å². The maximum absolute atomic E-state index is 4.93. The molecular weight excluding hydrogens is 296 g/mol. The Bertz CT molecular complexity index is 528. The van der Waals surface area contributed by atoms with Crippen LogP contribution in [0, 0.1) is 0 Å². The predicted molar refractivity (Wildman–Crippen MR) is 101 cm³/mol. The minimum Gasteiger partial charge on any atom is -0.357 e. The number of aliphatic imine (C=N–C) groups is 1. The standard InChI is InChI=1S/C20H32N4/c1-2-21-20(24-14-8-9-15-24)22-16-18-10-4-5-11-19(18)17-23-12-6-3-7-13-23/h4-5,10-11H,2-3,6-9,12-17H2,1H3,(H,21,22). The summed E-state index contributed by atoms with van der Waals surface area (Å²) in [6.07, 6.45) is 6.66. The molecule has 0 aliphatic carbocycles. The van der Waals surface area contributed by atoms with Gasteiger partial charge >= 0.3 is 0 Å². The van der Waals surface area contributed by atoms with Crippen LogP contribution >= 0.6 is 0 Å². The Hall–Kier alpha value is -1.55. The molecule has 0 amide bonds. The van der Waals surface area contributed by atoms with Crippen molar-refractivity contribution in [2.75, 3.05) is 32.7 Å². The highest BCUT2D eigenvalue weighted by molar-refractivity contribution is 5.80. The Morgan fingerprint density at radius 3 is 2.33 bits per heavy atom. The molecule has 2 aliphatic heterocycles. The van der Waals surface area contributed by atoms with Crippen LogP contribution in [0.2, 0.25) is 0 Å². The minimum absolute atomic E-state index is 0.781. The lowest BCUT2D eigenvalue weighted by Gasteiger charge is -2.27. The van der Waals surface area contributed by atoms with E-state index >= 15 is 0 Å². The van der Waals surface area contributed by atoms with Crippen LogP contribution in [0.4, 0.5) is 0 Å². The Labute approximate surface area is 146 Å². The summed E-state index contributed by atoms with van der Waals surface area (Å²) in [6.45, 7) is 9.71. The maximum atomic E-state index is 4.93. The van der Waals surface area contributed by atoms with Gasteiger partial charge in [-0.05, 0) is 56.8 Å². The van der Waals surface area contributed by atoms with Gasteiger partial charge in [-0.3, -0.25) is 4.90 Å². The van der Waals surface area contributed by atoms with Gasteiger partial charge < -0.3 is 10.2 Å². The van der Waals surface area contributed by atoms with Crippen LogP contribution in [0.1, 0.15) is 50.2 Å². The summed E-state index contributed by atoms with van der Waals surface area (Å²) in [5, 5.41) is 3.46. The molecule has 0 spiro atoms. The third-order valence-electron chi connectivity index (χ3n) is 5.10. The molecule has 2 saturated heterocycles. The van der Waals surface area contributed by atoms with E-state index < -0.39 is 0 Å². The van der Waals surface area contributed by atoms with Gasteiger partial charge in [0, 0.05) is 26.2 Å². The van der Waals surface area contributed by atoms with Crippen molar-refractivity contribution < 1.29 is 0 Å². The number of hydrogen-bond donors (Lipinski definition) is 1. The molecule has 0 saturated carbocycles. The van der Waals surface area contributed by atoms with Gasteiger partial charge in [0.15, 0.2) is 5.96 Å². The topological polar surface area (TPSA) is 30.9 Å².